The van der Waals surface area contributed by atoms with E-state index in [0.717, 1.165) is 25.8 Å². The quantitative estimate of drug-likeness (QED) is 0.603. The van der Waals surface area contributed by atoms with E-state index >= 15 is 0 Å². The maximum Gasteiger partial charge on any atom is 0.131 e. The van der Waals surface area contributed by atoms with Gasteiger partial charge in [0.2, 0.25) is 0 Å². The van der Waals surface area contributed by atoms with E-state index < -0.39 is 0 Å². The van der Waals surface area contributed by atoms with Crippen LogP contribution < -0.4 is 0 Å². The highest BCUT2D eigenvalue weighted by molar-refractivity contribution is 14.1. The summed E-state index contributed by atoms with van der Waals surface area (Å²) in [5, 5.41) is 10.6. The Morgan fingerprint density at radius 1 is 0.650 bits per heavy atom. The van der Waals surface area contributed by atoms with Gasteiger partial charge in [-0.15, -0.1) is 0 Å². The maximum absolute atomic E-state index is 10.6. The molecule has 98 valence electrons. The lowest BCUT2D eigenvalue weighted by molar-refractivity contribution is 0.479. The van der Waals surface area contributed by atoms with Crippen molar-refractivity contribution in [1.29, 1.82) is 0 Å². The van der Waals surface area contributed by atoms with E-state index in [1.165, 1.54) is 0 Å². The molecule has 0 spiro atoms. The van der Waals surface area contributed by atoms with Crippen LogP contribution in [-0.4, -0.2) is 5.11 Å². The van der Waals surface area contributed by atoms with E-state index in [1.54, 1.807) is 0 Å². The van der Waals surface area contributed by atoms with Crippen LogP contribution in [0.15, 0.2) is 72.8 Å². The molecular weight excluding hydrogens is 359 g/mol. The van der Waals surface area contributed by atoms with Gasteiger partial charge in [0.05, 0.1) is 0 Å². The first kappa shape index (κ1) is 13.2. The molecule has 1 N–H and O–H groups in total. The van der Waals surface area contributed by atoms with Gasteiger partial charge in [-0.25, -0.2) is 0 Å². The number of phenolic OH excluding ortho intramolecular Hbond substituents is 1. The zero-order chi connectivity index (χ0) is 13.9. The predicted molar refractivity (Wildman–Crippen MR) is 91.7 cm³/mol. The maximum atomic E-state index is 10.6. The van der Waals surface area contributed by atoms with Crippen LogP contribution in [0.2, 0.25) is 0 Å². The zero-order valence-electron chi connectivity index (χ0n) is 10.8. The number of halogens is 1. The van der Waals surface area contributed by atoms with E-state index in [-0.39, 0.29) is 0 Å². The van der Waals surface area contributed by atoms with Crippen molar-refractivity contribution in [2.45, 2.75) is 0 Å². The predicted octanol–water partition coefficient (Wildman–Crippen LogP) is 5.33. The van der Waals surface area contributed by atoms with Crippen LogP contribution in [0.4, 0.5) is 0 Å². The molecule has 0 aromatic heterocycles. The van der Waals surface area contributed by atoms with Gasteiger partial charge in [-0.2, -0.15) is 0 Å². The minimum absolute atomic E-state index is 0.336. The van der Waals surface area contributed by atoms with Crippen LogP contribution in [-0.2, 0) is 0 Å². The van der Waals surface area contributed by atoms with Crippen LogP contribution in [0.25, 0.3) is 22.3 Å². The summed E-state index contributed by atoms with van der Waals surface area (Å²) in [7, 11) is 0. The number of hydrogen-bond acceptors (Lipinski definition) is 1. The molecule has 3 aromatic carbocycles. The van der Waals surface area contributed by atoms with Gasteiger partial charge in [-0.05, 0) is 45.9 Å². The van der Waals surface area contributed by atoms with Crippen LogP contribution in [0.1, 0.15) is 0 Å². The average Bonchev–Trinajstić information content (AvgIpc) is 2.51. The van der Waals surface area contributed by atoms with Gasteiger partial charge in [-0.1, -0.05) is 60.7 Å². The number of phenols is 1. The Hall–Kier alpha value is -1.81. The van der Waals surface area contributed by atoms with Gasteiger partial charge in [0.15, 0.2) is 0 Å². The lowest BCUT2D eigenvalue weighted by atomic mass is 9.97. The van der Waals surface area contributed by atoms with Gasteiger partial charge in [0.1, 0.15) is 5.75 Å². The second kappa shape index (κ2) is 5.67. The molecule has 3 rings (SSSR count). The summed E-state index contributed by atoms with van der Waals surface area (Å²) in [6, 6.07) is 24.0. The molecule has 0 aliphatic heterocycles. The van der Waals surface area contributed by atoms with Crippen LogP contribution in [0.5, 0.6) is 5.75 Å². The van der Waals surface area contributed by atoms with Crippen LogP contribution in [0, 0.1) is 3.57 Å². The molecule has 0 unspecified atom stereocenters. The van der Waals surface area contributed by atoms with Gasteiger partial charge in [-0.3, -0.25) is 0 Å². The van der Waals surface area contributed by atoms with Crippen LogP contribution in [0.3, 0.4) is 0 Å². The van der Waals surface area contributed by atoms with Gasteiger partial charge < -0.3 is 5.11 Å². The summed E-state index contributed by atoms with van der Waals surface area (Å²) >= 11 is 2.29. The first-order valence-corrected chi connectivity index (χ1v) is 7.47. The molecule has 0 radical (unpaired) electrons. The standard InChI is InChI=1S/C18H13IO/c19-15-11-16(13-7-3-1-4-8-13)18(20)17(12-15)14-9-5-2-6-10-14/h1-12,20H. The van der Waals surface area contributed by atoms with Crippen molar-refractivity contribution in [2.75, 3.05) is 0 Å². The number of benzene rings is 3. The lowest BCUT2D eigenvalue weighted by Crippen LogP contribution is -1.86. The summed E-state index contributed by atoms with van der Waals surface area (Å²) in [4.78, 5) is 0. The number of aromatic hydroxyl groups is 1. The SMILES string of the molecule is Oc1c(-c2ccccc2)cc(I)cc1-c1ccccc1. The molecule has 3 aromatic rings. The van der Waals surface area contributed by atoms with Crippen LogP contribution >= 0.6 is 22.6 Å². The molecule has 0 aliphatic carbocycles. The zero-order valence-corrected chi connectivity index (χ0v) is 12.9. The smallest absolute Gasteiger partial charge is 0.131 e. The Bertz CT molecular complexity index is 660. The first-order chi connectivity index (χ1) is 9.75. The monoisotopic (exact) mass is 372 g/mol. The fourth-order valence-corrected chi connectivity index (χ4v) is 2.90. The molecule has 0 saturated heterocycles. The second-order valence-electron chi connectivity index (χ2n) is 4.58. The minimum Gasteiger partial charge on any atom is -0.507 e. The third-order valence-corrected chi connectivity index (χ3v) is 3.87. The highest BCUT2D eigenvalue weighted by Crippen LogP contribution is 2.39. The molecule has 1 nitrogen and oxygen atoms in total. The Kier molecular flexibility index (Phi) is 3.74. The Balaban J connectivity index is 2.22. The Morgan fingerprint density at radius 3 is 1.45 bits per heavy atom. The molecular formula is C18H13IO. The van der Waals surface area contributed by atoms with Gasteiger partial charge in [0.25, 0.3) is 0 Å². The topological polar surface area (TPSA) is 20.2 Å². The molecule has 0 fully saturated rings. The summed E-state index contributed by atoms with van der Waals surface area (Å²) in [6.45, 7) is 0. The van der Waals surface area contributed by atoms with Crippen molar-refractivity contribution in [2.24, 2.45) is 0 Å². The van der Waals surface area contributed by atoms with E-state index in [0.29, 0.717) is 5.75 Å². The third kappa shape index (κ3) is 2.56. The number of hydrogen-bond donors (Lipinski definition) is 1. The molecule has 20 heavy (non-hydrogen) atoms. The molecule has 0 atom stereocenters. The van der Waals surface area contributed by atoms with E-state index in [9.17, 15) is 5.11 Å². The van der Waals surface area contributed by atoms with Crippen molar-refractivity contribution in [1.82, 2.24) is 0 Å². The summed E-state index contributed by atoms with van der Waals surface area (Å²) < 4.78 is 1.11. The molecule has 0 saturated carbocycles. The van der Waals surface area contributed by atoms with Gasteiger partial charge >= 0.3 is 0 Å². The van der Waals surface area contributed by atoms with Crippen molar-refractivity contribution in [3.05, 3.63) is 76.4 Å². The Morgan fingerprint density at radius 2 is 1.05 bits per heavy atom. The van der Waals surface area contributed by atoms with Crippen molar-refractivity contribution >= 4 is 22.6 Å². The van der Waals surface area contributed by atoms with E-state index in [1.807, 2.05) is 72.8 Å². The normalized spacial score (nSPS) is 10.4. The molecule has 0 bridgehead atoms. The second-order valence-corrected chi connectivity index (χ2v) is 5.83. The summed E-state index contributed by atoms with van der Waals surface area (Å²) in [6.07, 6.45) is 0. The average molecular weight is 372 g/mol. The molecule has 0 aliphatic rings. The summed E-state index contributed by atoms with van der Waals surface area (Å²) in [5.41, 5.74) is 3.80. The largest absolute Gasteiger partial charge is 0.507 e. The fourth-order valence-electron chi connectivity index (χ4n) is 2.27. The van der Waals surface area contributed by atoms with E-state index in [4.69, 9.17) is 0 Å². The lowest BCUT2D eigenvalue weighted by Gasteiger charge is -2.11. The minimum atomic E-state index is 0.336. The van der Waals surface area contributed by atoms with E-state index in [2.05, 4.69) is 22.6 Å². The Labute approximate surface area is 132 Å². The summed E-state index contributed by atoms with van der Waals surface area (Å²) in [5.74, 6) is 0.336. The van der Waals surface area contributed by atoms with Gasteiger partial charge in [0, 0.05) is 14.7 Å². The van der Waals surface area contributed by atoms with Crippen molar-refractivity contribution in [3.8, 4) is 28.0 Å². The van der Waals surface area contributed by atoms with Crippen molar-refractivity contribution in [3.63, 3.8) is 0 Å². The van der Waals surface area contributed by atoms with Crippen molar-refractivity contribution < 1.29 is 5.11 Å². The molecule has 2 heteroatoms. The fraction of sp³-hybridized carbons (Fsp3) is 0. The third-order valence-electron chi connectivity index (χ3n) is 3.24. The first-order valence-electron chi connectivity index (χ1n) is 6.39. The highest BCUT2D eigenvalue weighted by Gasteiger charge is 2.12. The molecule has 0 amide bonds. The highest BCUT2D eigenvalue weighted by atomic mass is 127. The molecule has 0 heterocycles. The number of rotatable bonds is 2.